The van der Waals surface area contributed by atoms with Gasteiger partial charge in [0, 0.05) is 17.0 Å². The van der Waals surface area contributed by atoms with Crippen molar-refractivity contribution < 1.29 is 19.7 Å². The van der Waals surface area contributed by atoms with E-state index in [1.165, 1.54) is 0 Å². The number of esters is 1. The van der Waals surface area contributed by atoms with E-state index in [-0.39, 0.29) is 13.0 Å². The summed E-state index contributed by atoms with van der Waals surface area (Å²) >= 11 is 0. The van der Waals surface area contributed by atoms with Crippen LogP contribution in [-0.2, 0) is 9.53 Å². The van der Waals surface area contributed by atoms with E-state index in [2.05, 4.69) is 4.98 Å². The third-order valence-corrected chi connectivity index (χ3v) is 2.63. The lowest BCUT2D eigenvalue weighted by Crippen LogP contribution is -2.24. The molecule has 0 aliphatic carbocycles. The van der Waals surface area contributed by atoms with Gasteiger partial charge in [-0.1, -0.05) is 6.07 Å². The molecule has 1 heterocycles. The number of aryl methyl sites for hydroxylation is 2. The lowest BCUT2D eigenvalue weighted by Gasteiger charge is -2.19. The Morgan fingerprint density at radius 1 is 1.39 bits per heavy atom. The summed E-state index contributed by atoms with van der Waals surface area (Å²) in [5.41, 5.74) is 2.01. The van der Waals surface area contributed by atoms with Gasteiger partial charge in [-0.3, -0.25) is 9.78 Å². The van der Waals surface area contributed by atoms with Gasteiger partial charge in [-0.05, 0) is 26.8 Å². The fourth-order valence-corrected chi connectivity index (χ4v) is 1.72. The van der Waals surface area contributed by atoms with Crippen molar-refractivity contribution in [3.63, 3.8) is 0 Å². The van der Waals surface area contributed by atoms with Gasteiger partial charge in [-0.2, -0.15) is 0 Å². The third kappa shape index (κ3) is 3.78. The van der Waals surface area contributed by atoms with E-state index in [1.54, 1.807) is 26.0 Å². The summed E-state index contributed by atoms with van der Waals surface area (Å²) in [6, 6.07) is 3.46. The predicted octanol–water partition coefficient (Wildman–Crippen LogP) is 1.05. The van der Waals surface area contributed by atoms with Crippen LogP contribution in [0.25, 0.3) is 0 Å². The van der Waals surface area contributed by atoms with Crippen LogP contribution in [0.3, 0.4) is 0 Å². The van der Waals surface area contributed by atoms with Crippen molar-refractivity contribution in [3.05, 3.63) is 29.1 Å². The van der Waals surface area contributed by atoms with Crippen molar-refractivity contribution in [2.45, 2.75) is 39.4 Å². The van der Waals surface area contributed by atoms with Crippen molar-refractivity contribution in [2.24, 2.45) is 0 Å². The molecule has 2 N–H and O–H groups in total. The number of ether oxygens (including phenoxy) is 1. The Morgan fingerprint density at radius 2 is 2.06 bits per heavy atom. The van der Waals surface area contributed by atoms with Crippen LogP contribution >= 0.6 is 0 Å². The van der Waals surface area contributed by atoms with Crippen molar-refractivity contribution in [2.75, 3.05) is 6.61 Å². The normalized spacial score (nSPS) is 14.1. The molecule has 0 radical (unpaired) electrons. The minimum absolute atomic E-state index is 0.234. The molecule has 18 heavy (non-hydrogen) atoms. The van der Waals surface area contributed by atoms with Crippen LogP contribution in [0.2, 0.25) is 0 Å². The molecule has 1 aromatic rings. The first-order chi connectivity index (χ1) is 8.45. The van der Waals surface area contributed by atoms with Crippen LogP contribution in [0.1, 0.15) is 36.4 Å². The number of carbonyl (C=O) groups excluding carboxylic acids is 1. The quantitative estimate of drug-likeness (QED) is 0.767. The van der Waals surface area contributed by atoms with Crippen LogP contribution in [0.15, 0.2) is 12.1 Å². The Kier molecular flexibility index (Phi) is 5.25. The number of hydrogen-bond acceptors (Lipinski definition) is 5. The molecular formula is C13H19NO4. The van der Waals surface area contributed by atoms with Gasteiger partial charge in [0.2, 0.25) is 0 Å². The minimum atomic E-state index is -1.19. The molecule has 2 atom stereocenters. The molecule has 0 fully saturated rings. The molecule has 0 aliphatic rings. The zero-order valence-electron chi connectivity index (χ0n) is 10.9. The second kappa shape index (κ2) is 6.47. The van der Waals surface area contributed by atoms with E-state index in [0.29, 0.717) is 11.3 Å². The molecule has 0 saturated heterocycles. The number of rotatable bonds is 5. The highest BCUT2D eigenvalue weighted by Crippen LogP contribution is 2.21. The second-order valence-electron chi connectivity index (χ2n) is 4.15. The van der Waals surface area contributed by atoms with Crippen LogP contribution in [0.5, 0.6) is 0 Å². The van der Waals surface area contributed by atoms with Gasteiger partial charge in [0.15, 0.2) is 0 Å². The molecule has 0 aromatic carbocycles. The van der Waals surface area contributed by atoms with Crippen molar-refractivity contribution in [1.82, 2.24) is 4.98 Å². The summed E-state index contributed by atoms with van der Waals surface area (Å²) in [5, 5.41) is 19.8. The van der Waals surface area contributed by atoms with Crippen molar-refractivity contribution >= 4 is 5.97 Å². The smallest absolute Gasteiger partial charge is 0.308 e. The zero-order chi connectivity index (χ0) is 13.7. The van der Waals surface area contributed by atoms with E-state index in [9.17, 15) is 15.0 Å². The monoisotopic (exact) mass is 253 g/mol. The Hall–Kier alpha value is -1.46. The summed E-state index contributed by atoms with van der Waals surface area (Å²) in [6.45, 7) is 5.54. The van der Waals surface area contributed by atoms with E-state index in [4.69, 9.17) is 4.74 Å². The fraction of sp³-hybridized carbons (Fsp3) is 0.538. The number of nitrogens with zero attached hydrogens (tertiary/aromatic N) is 1. The summed E-state index contributed by atoms with van der Waals surface area (Å²) in [4.78, 5) is 15.4. The van der Waals surface area contributed by atoms with Crippen molar-refractivity contribution in [1.29, 1.82) is 0 Å². The Balaban J connectivity index is 2.73. The van der Waals surface area contributed by atoms with Gasteiger partial charge in [-0.15, -0.1) is 0 Å². The van der Waals surface area contributed by atoms with Gasteiger partial charge >= 0.3 is 5.97 Å². The molecule has 1 aromatic heterocycles. The lowest BCUT2D eigenvalue weighted by molar-refractivity contribution is -0.147. The number of carbonyl (C=O) groups is 1. The zero-order valence-corrected chi connectivity index (χ0v) is 10.9. The molecule has 5 nitrogen and oxygen atoms in total. The maximum atomic E-state index is 11.2. The highest BCUT2D eigenvalue weighted by Gasteiger charge is 2.23. The van der Waals surface area contributed by atoms with E-state index < -0.39 is 18.2 Å². The van der Waals surface area contributed by atoms with Crippen LogP contribution in [0, 0.1) is 13.8 Å². The molecule has 0 bridgehead atoms. The highest BCUT2D eigenvalue weighted by molar-refractivity contribution is 5.70. The summed E-state index contributed by atoms with van der Waals surface area (Å²) in [7, 11) is 0. The molecule has 2 unspecified atom stereocenters. The lowest BCUT2D eigenvalue weighted by atomic mass is 10.0. The van der Waals surface area contributed by atoms with Gasteiger partial charge < -0.3 is 14.9 Å². The molecule has 5 heteroatoms. The molecule has 100 valence electrons. The first-order valence-corrected chi connectivity index (χ1v) is 5.91. The summed E-state index contributed by atoms with van der Waals surface area (Å²) in [5.74, 6) is -0.526. The van der Waals surface area contributed by atoms with Crippen molar-refractivity contribution in [3.8, 4) is 0 Å². The third-order valence-electron chi connectivity index (χ3n) is 2.63. The molecule has 1 rings (SSSR count). The van der Waals surface area contributed by atoms with E-state index in [0.717, 1.165) is 5.69 Å². The Labute approximate surface area is 106 Å². The van der Waals surface area contributed by atoms with Gasteiger partial charge in [0.1, 0.15) is 6.10 Å². The van der Waals surface area contributed by atoms with Gasteiger partial charge in [0.25, 0.3) is 0 Å². The summed E-state index contributed by atoms with van der Waals surface area (Å²) < 4.78 is 4.72. The average molecular weight is 253 g/mol. The minimum Gasteiger partial charge on any atom is -0.466 e. The molecular weight excluding hydrogens is 234 g/mol. The molecule has 0 amide bonds. The van der Waals surface area contributed by atoms with Crippen LogP contribution in [-0.4, -0.2) is 33.9 Å². The van der Waals surface area contributed by atoms with E-state index >= 15 is 0 Å². The maximum absolute atomic E-state index is 11.2. The van der Waals surface area contributed by atoms with Crippen LogP contribution in [0.4, 0.5) is 0 Å². The first-order valence-electron chi connectivity index (χ1n) is 5.91. The first kappa shape index (κ1) is 14.6. The van der Waals surface area contributed by atoms with Gasteiger partial charge in [-0.25, -0.2) is 0 Å². The number of aromatic nitrogens is 1. The average Bonchev–Trinajstić information content (AvgIpc) is 2.28. The number of hydrogen-bond donors (Lipinski definition) is 2. The molecule has 0 saturated carbocycles. The number of aliphatic hydroxyl groups excluding tert-OH is 2. The molecule has 0 spiro atoms. The van der Waals surface area contributed by atoms with E-state index in [1.807, 2.05) is 6.92 Å². The molecule has 0 aliphatic heterocycles. The van der Waals surface area contributed by atoms with Gasteiger partial charge in [0.05, 0.1) is 19.1 Å². The second-order valence-corrected chi connectivity index (χ2v) is 4.15. The number of pyridine rings is 1. The Morgan fingerprint density at radius 3 is 2.61 bits per heavy atom. The fourth-order valence-electron chi connectivity index (χ4n) is 1.72. The number of aliphatic hydroxyl groups is 2. The summed E-state index contributed by atoms with van der Waals surface area (Å²) in [6.07, 6.45) is -2.56. The SMILES string of the molecule is CCOC(=O)CC(O)C(O)c1ccc(C)nc1C. The largest absolute Gasteiger partial charge is 0.466 e. The maximum Gasteiger partial charge on any atom is 0.308 e. The van der Waals surface area contributed by atoms with Crippen LogP contribution < -0.4 is 0 Å². The highest BCUT2D eigenvalue weighted by atomic mass is 16.5. The standard InChI is InChI=1S/C13H19NO4/c1-4-18-12(16)7-11(15)13(17)10-6-5-8(2)14-9(10)3/h5-6,11,13,15,17H,4,7H2,1-3H3. The Bertz CT molecular complexity index is 419. The topological polar surface area (TPSA) is 79.7 Å². The predicted molar refractivity (Wildman–Crippen MR) is 65.9 cm³/mol.